The van der Waals surface area contributed by atoms with Crippen LogP contribution in [0.25, 0.3) is 0 Å². The molecule has 2 nitrogen and oxygen atoms in total. The Balaban J connectivity index is 0. The molecule has 0 aromatic rings. The normalized spacial score (nSPS) is 10.0. The molecule has 0 spiro atoms. The van der Waals surface area contributed by atoms with Gasteiger partial charge in [-0.3, -0.25) is 0 Å². The van der Waals surface area contributed by atoms with Gasteiger partial charge < -0.3 is 22.0 Å². The second kappa shape index (κ2) is 8.21. The number of hydrogen-bond donors (Lipinski definition) is 1. The van der Waals surface area contributed by atoms with E-state index < -0.39 is 7.25 Å². The minimum atomic E-state index is -6.00. The summed E-state index contributed by atoms with van der Waals surface area (Å²) in [5.74, 6) is 1.42. The molecule has 0 aliphatic rings. The quantitative estimate of drug-likeness (QED) is 0.331. The number of rotatable bonds is 3. The SMILES string of the molecule is CCOC(=[NH2+])CSC.F[B-](F)(F)F. The van der Waals surface area contributed by atoms with Crippen molar-refractivity contribution in [3.8, 4) is 0 Å². The van der Waals surface area contributed by atoms with Gasteiger partial charge in [0, 0.05) is 0 Å². The summed E-state index contributed by atoms with van der Waals surface area (Å²) in [7, 11) is -6.00. The first-order valence-corrected chi connectivity index (χ1v) is 4.81. The van der Waals surface area contributed by atoms with E-state index in [1.54, 1.807) is 11.8 Å². The Bertz CT molecular complexity index is 129. The molecule has 0 fully saturated rings. The van der Waals surface area contributed by atoms with Gasteiger partial charge in [-0.25, -0.2) is 5.41 Å². The van der Waals surface area contributed by atoms with Gasteiger partial charge >= 0.3 is 13.2 Å². The number of hydrogen-bond acceptors (Lipinski definition) is 2. The zero-order valence-electron chi connectivity index (χ0n) is 7.40. The maximum absolute atomic E-state index is 9.75. The van der Waals surface area contributed by atoms with Gasteiger partial charge in [0.25, 0.3) is 0 Å². The largest absolute Gasteiger partial charge is 0.673 e. The zero-order valence-corrected chi connectivity index (χ0v) is 8.21. The van der Waals surface area contributed by atoms with Crippen molar-refractivity contribution >= 4 is 24.9 Å². The molecule has 8 heteroatoms. The van der Waals surface area contributed by atoms with Gasteiger partial charge in [-0.15, -0.1) is 0 Å². The van der Waals surface area contributed by atoms with Crippen molar-refractivity contribution < 1.29 is 27.4 Å². The van der Waals surface area contributed by atoms with E-state index >= 15 is 0 Å². The predicted molar refractivity (Wildman–Crippen MR) is 47.1 cm³/mol. The summed E-state index contributed by atoms with van der Waals surface area (Å²) in [6.45, 7) is 2.60. The fourth-order valence-electron chi connectivity index (χ4n) is 0.369. The summed E-state index contributed by atoms with van der Waals surface area (Å²) in [4.78, 5) is 0. The third-order valence-corrected chi connectivity index (χ3v) is 1.19. The average molecular weight is 221 g/mol. The van der Waals surface area contributed by atoms with E-state index in [-0.39, 0.29) is 0 Å². The molecule has 0 saturated heterocycles. The molecule has 2 N–H and O–H groups in total. The third kappa shape index (κ3) is 34.1. The van der Waals surface area contributed by atoms with E-state index in [0.29, 0.717) is 12.5 Å². The Kier molecular flexibility index (Phi) is 9.54. The van der Waals surface area contributed by atoms with Crippen LogP contribution in [0.4, 0.5) is 17.3 Å². The fraction of sp³-hybridized carbons (Fsp3) is 0.800. The van der Waals surface area contributed by atoms with Crippen molar-refractivity contribution in [2.75, 3.05) is 18.6 Å². The van der Waals surface area contributed by atoms with Crippen LogP contribution in [0.5, 0.6) is 0 Å². The summed E-state index contributed by atoms with van der Waals surface area (Å²) in [6.07, 6.45) is 1.99. The van der Waals surface area contributed by atoms with Gasteiger partial charge in [-0.05, 0) is 13.2 Å². The smallest absolute Gasteiger partial charge is 0.448 e. The minimum Gasteiger partial charge on any atom is -0.448 e. The molecule has 0 radical (unpaired) electrons. The van der Waals surface area contributed by atoms with E-state index in [1.807, 2.05) is 13.2 Å². The highest BCUT2D eigenvalue weighted by molar-refractivity contribution is 7.99. The molecule has 0 unspecified atom stereocenters. The van der Waals surface area contributed by atoms with Crippen molar-refractivity contribution in [3.63, 3.8) is 0 Å². The summed E-state index contributed by atoms with van der Waals surface area (Å²) in [5, 5.41) is 5.37. The van der Waals surface area contributed by atoms with E-state index in [0.717, 1.165) is 5.75 Å². The van der Waals surface area contributed by atoms with Crippen molar-refractivity contribution in [2.45, 2.75) is 6.92 Å². The van der Waals surface area contributed by atoms with E-state index in [9.17, 15) is 17.3 Å². The molecule has 0 amide bonds. The van der Waals surface area contributed by atoms with Crippen molar-refractivity contribution in [3.05, 3.63) is 0 Å². The van der Waals surface area contributed by atoms with Gasteiger partial charge in [0.2, 0.25) is 0 Å². The highest BCUT2D eigenvalue weighted by Crippen LogP contribution is 2.06. The third-order valence-electron chi connectivity index (χ3n) is 0.616. The second-order valence-corrected chi connectivity index (χ2v) is 2.69. The van der Waals surface area contributed by atoms with Gasteiger partial charge in [0.1, 0.15) is 5.75 Å². The first kappa shape index (κ1) is 15.1. The average Bonchev–Trinajstić information content (AvgIpc) is 1.84. The summed E-state index contributed by atoms with van der Waals surface area (Å²) in [5.41, 5.74) is 0. The Morgan fingerprint density at radius 3 is 2.00 bits per heavy atom. The Morgan fingerprint density at radius 1 is 1.38 bits per heavy atom. The lowest BCUT2D eigenvalue weighted by atomic mass is 10.3. The van der Waals surface area contributed by atoms with Crippen LogP contribution in [-0.4, -0.2) is 31.8 Å². The van der Waals surface area contributed by atoms with Gasteiger partial charge in [0.15, 0.2) is 0 Å². The second-order valence-electron chi connectivity index (χ2n) is 1.83. The van der Waals surface area contributed by atoms with Crippen molar-refractivity contribution in [2.24, 2.45) is 0 Å². The van der Waals surface area contributed by atoms with E-state index in [2.05, 4.69) is 0 Å². The van der Waals surface area contributed by atoms with Crippen LogP contribution in [0.2, 0.25) is 0 Å². The van der Waals surface area contributed by atoms with E-state index in [1.165, 1.54) is 0 Å². The van der Waals surface area contributed by atoms with Gasteiger partial charge in [-0.1, -0.05) is 0 Å². The number of thioether (sulfide) groups is 1. The first-order valence-electron chi connectivity index (χ1n) is 3.41. The number of nitrogens with two attached hydrogens (primary N) is 1. The van der Waals surface area contributed by atoms with Crippen LogP contribution in [0, 0.1) is 0 Å². The lowest BCUT2D eigenvalue weighted by Gasteiger charge is -1.94. The Hall–Kier alpha value is -0.395. The van der Waals surface area contributed by atoms with Gasteiger partial charge in [0.05, 0.1) is 6.61 Å². The van der Waals surface area contributed by atoms with Crippen molar-refractivity contribution in [1.82, 2.24) is 0 Å². The predicted octanol–water partition coefficient (Wildman–Crippen LogP) is 0.843. The van der Waals surface area contributed by atoms with Crippen LogP contribution < -0.4 is 5.41 Å². The van der Waals surface area contributed by atoms with Crippen LogP contribution in [0.1, 0.15) is 6.92 Å². The highest BCUT2D eigenvalue weighted by atomic mass is 32.2. The van der Waals surface area contributed by atoms with Crippen LogP contribution in [-0.2, 0) is 4.74 Å². The van der Waals surface area contributed by atoms with Crippen LogP contribution >= 0.6 is 11.8 Å². The molecule has 0 saturated carbocycles. The summed E-state index contributed by atoms with van der Waals surface area (Å²) < 4.78 is 44.0. The molecule has 0 aliphatic heterocycles. The molecule has 0 heterocycles. The molecule has 0 atom stereocenters. The lowest BCUT2D eigenvalue weighted by Crippen LogP contribution is -2.42. The molecule has 80 valence electrons. The van der Waals surface area contributed by atoms with Crippen LogP contribution in [0.3, 0.4) is 0 Å². The Morgan fingerprint density at radius 2 is 1.77 bits per heavy atom. The standard InChI is InChI=1S/C5H11NOS.BF4/c1-3-7-5(6)4-8-2;2-1(3,4)5/h6H,3-4H2,1-2H3;/q;-1/p+1. The zero-order chi connectivity index (χ0) is 10.9. The van der Waals surface area contributed by atoms with Crippen molar-refractivity contribution in [1.29, 1.82) is 0 Å². The maximum Gasteiger partial charge on any atom is 0.673 e. The summed E-state index contributed by atoms with van der Waals surface area (Å²) in [6, 6.07) is 0. The molecular formula is C5H12BF4NOS. The minimum absolute atomic E-state index is 0.625. The Labute approximate surface area is 78.6 Å². The highest BCUT2D eigenvalue weighted by Gasteiger charge is 2.20. The fourth-order valence-corrected chi connectivity index (χ4v) is 0.737. The number of halogens is 4. The molecule has 0 bridgehead atoms. The first-order chi connectivity index (χ1) is 5.81. The molecule has 0 rings (SSSR count). The van der Waals surface area contributed by atoms with Crippen LogP contribution in [0.15, 0.2) is 0 Å². The monoisotopic (exact) mass is 221 g/mol. The molecule has 0 aromatic carbocycles. The van der Waals surface area contributed by atoms with Gasteiger partial charge in [-0.2, -0.15) is 11.8 Å². The molecule has 0 aliphatic carbocycles. The maximum atomic E-state index is 9.75. The molecular weight excluding hydrogens is 209 g/mol. The lowest BCUT2D eigenvalue weighted by molar-refractivity contribution is -0.139. The molecule has 0 aromatic heterocycles. The topological polar surface area (TPSA) is 34.8 Å². The molecule has 13 heavy (non-hydrogen) atoms. The summed E-state index contributed by atoms with van der Waals surface area (Å²) >= 11 is 1.66. The van der Waals surface area contributed by atoms with E-state index in [4.69, 9.17) is 10.1 Å². The number of ether oxygens (including phenoxy) is 1.